The minimum absolute atomic E-state index is 0.120. The van der Waals surface area contributed by atoms with E-state index in [1.54, 1.807) is 0 Å². The fraction of sp³-hybridized carbons (Fsp3) is 0.385. The van der Waals surface area contributed by atoms with Gasteiger partial charge in [-0.05, 0) is 30.7 Å². The summed E-state index contributed by atoms with van der Waals surface area (Å²) in [6.45, 7) is 0. The number of nitrogens with one attached hydrogen (secondary N) is 1. The van der Waals surface area contributed by atoms with Gasteiger partial charge in [-0.1, -0.05) is 18.2 Å². The van der Waals surface area contributed by atoms with Crippen LogP contribution < -0.4 is 11.3 Å². The van der Waals surface area contributed by atoms with Crippen LogP contribution in [0.3, 0.4) is 0 Å². The molecule has 2 atom stereocenters. The first-order chi connectivity index (χ1) is 8.38. The number of nitrogens with two attached hydrogens (primary N) is 1. The second-order valence-electron chi connectivity index (χ2n) is 4.38. The molecule has 1 saturated heterocycles. The number of fused-ring (bicyclic) bond motifs is 1. The van der Waals surface area contributed by atoms with Crippen LogP contribution in [0.25, 0.3) is 11.0 Å². The molecule has 2 aromatic rings. The summed E-state index contributed by atoms with van der Waals surface area (Å²) in [6.07, 6.45) is 2.48. The van der Waals surface area contributed by atoms with Crippen molar-refractivity contribution in [1.82, 2.24) is 5.43 Å². The molecule has 0 aliphatic carbocycles. The molecule has 1 aromatic carbocycles. The molecule has 90 valence electrons. The number of thioether (sulfide) groups is 1. The molecule has 1 aliphatic heterocycles. The Labute approximate surface area is 105 Å². The summed E-state index contributed by atoms with van der Waals surface area (Å²) in [6, 6.07) is 10.3. The van der Waals surface area contributed by atoms with Gasteiger partial charge in [0.15, 0.2) is 0 Å². The predicted molar refractivity (Wildman–Crippen MR) is 71.8 cm³/mol. The third-order valence-corrected chi connectivity index (χ3v) is 4.73. The van der Waals surface area contributed by atoms with Crippen molar-refractivity contribution >= 4 is 22.7 Å². The van der Waals surface area contributed by atoms with E-state index in [0.717, 1.165) is 16.7 Å². The Bertz CT molecular complexity index is 472. The van der Waals surface area contributed by atoms with E-state index in [9.17, 15) is 0 Å². The van der Waals surface area contributed by atoms with Crippen LogP contribution in [0, 0.1) is 0 Å². The van der Waals surface area contributed by atoms with Crippen LogP contribution in [0.1, 0.15) is 24.6 Å². The Kier molecular flexibility index (Phi) is 3.09. The number of hydrogen-bond acceptors (Lipinski definition) is 4. The zero-order valence-corrected chi connectivity index (χ0v) is 10.4. The molecule has 1 aromatic heterocycles. The lowest BCUT2D eigenvalue weighted by molar-refractivity contribution is 0.421. The van der Waals surface area contributed by atoms with Crippen molar-refractivity contribution in [2.45, 2.75) is 24.1 Å². The molecule has 17 heavy (non-hydrogen) atoms. The lowest BCUT2D eigenvalue weighted by atomic mass is 10.1. The summed E-state index contributed by atoms with van der Waals surface area (Å²) in [5.41, 5.74) is 3.84. The molecule has 0 radical (unpaired) electrons. The standard InChI is InChI=1S/C13H16N2OS/c14-15-13(12-6-3-7-17-12)11-8-9-4-1-2-5-10(9)16-11/h1-2,4-5,8,12-13,15H,3,6-7,14H2. The van der Waals surface area contributed by atoms with Gasteiger partial charge < -0.3 is 4.42 Å². The highest BCUT2D eigenvalue weighted by Gasteiger charge is 2.28. The Hall–Kier alpha value is -0.970. The second kappa shape index (κ2) is 4.72. The SMILES string of the molecule is NNC(c1cc2ccccc2o1)C1CCCS1. The molecule has 0 saturated carbocycles. The number of benzene rings is 1. The van der Waals surface area contributed by atoms with Gasteiger partial charge in [0.1, 0.15) is 11.3 Å². The van der Waals surface area contributed by atoms with Gasteiger partial charge in [-0.15, -0.1) is 0 Å². The van der Waals surface area contributed by atoms with Crippen LogP contribution in [-0.4, -0.2) is 11.0 Å². The molecule has 3 N–H and O–H groups in total. The average molecular weight is 248 g/mol. The number of hydrogen-bond donors (Lipinski definition) is 2. The van der Waals surface area contributed by atoms with Crippen molar-refractivity contribution in [3.63, 3.8) is 0 Å². The first-order valence-corrected chi connectivity index (χ1v) is 6.99. The van der Waals surface area contributed by atoms with Crippen LogP contribution in [0.15, 0.2) is 34.7 Å². The molecule has 2 unspecified atom stereocenters. The first-order valence-electron chi connectivity index (χ1n) is 5.94. The van der Waals surface area contributed by atoms with Crippen LogP contribution in [-0.2, 0) is 0 Å². The zero-order valence-electron chi connectivity index (χ0n) is 9.56. The van der Waals surface area contributed by atoms with E-state index in [2.05, 4.69) is 17.6 Å². The molecule has 1 fully saturated rings. The van der Waals surface area contributed by atoms with E-state index in [1.165, 1.54) is 18.6 Å². The van der Waals surface area contributed by atoms with Gasteiger partial charge in [0, 0.05) is 10.6 Å². The van der Waals surface area contributed by atoms with E-state index in [4.69, 9.17) is 10.3 Å². The first kappa shape index (κ1) is 11.1. The molecule has 3 rings (SSSR count). The van der Waals surface area contributed by atoms with Gasteiger partial charge in [0.05, 0.1) is 6.04 Å². The lowest BCUT2D eigenvalue weighted by Crippen LogP contribution is -2.33. The molecule has 3 nitrogen and oxygen atoms in total. The smallest absolute Gasteiger partial charge is 0.134 e. The lowest BCUT2D eigenvalue weighted by Gasteiger charge is -2.19. The van der Waals surface area contributed by atoms with Gasteiger partial charge in [-0.25, -0.2) is 5.43 Å². The van der Waals surface area contributed by atoms with Crippen molar-refractivity contribution in [3.05, 3.63) is 36.1 Å². The predicted octanol–water partition coefficient (Wildman–Crippen LogP) is 2.83. The van der Waals surface area contributed by atoms with Crippen molar-refractivity contribution < 1.29 is 4.42 Å². The van der Waals surface area contributed by atoms with Crippen LogP contribution in [0.2, 0.25) is 0 Å². The zero-order chi connectivity index (χ0) is 11.7. The monoisotopic (exact) mass is 248 g/mol. The maximum absolute atomic E-state index is 5.88. The molecular formula is C13H16N2OS. The summed E-state index contributed by atoms with van der Waals surface area (Å²) in [5.74, 6) is 7.86. The van der Waals surface area contributed by atoms with Gasteiger partial charge in [0.25, 0.3) is 0 Å². The molecule has 4 heteroatoms. The molecular weight excluding hydrogens is 232 g/mol. The number of para-hydroxylation sites is 1. The van der Waals surface area contributed by atoms with Gasteiger partial charge in [-0.3, -0.25) is 5.84 Å². The van der Waals surface area contributed by atoms with Crippen molar-refractivity contribution in [2.75, 3.05) is 5.75 Å². The van der Waals surface area contributed by atoms with Gasteiger partial charge in [-0.2, -0.15) is 11.8 Å². The number of furan rings is 1. The maximum Gasteiger partial charge on any atom is 0.134 e. The Balaban J connectivity index is 1.94. The highest BCUT2D eigenvalue weighted by atomic mass is 32.2. The summed E-state index contributed by atoms with van der Waals surface area (Å²) in [7, 11) is 0. The van der Waals surface area contributed by atoms with E-state index >= 15 is 0 Å². The summed E-state index contributed by atoms with van der Waals surface area (Å²) >= 11 is 1.98. The third kappa shape index (κ3) is 2.08. The average Bonchev–Trinajstić information content (AvgIpc) is 2.98. The largest absolute Gasteiger partial charge is 0.459 e. The fourth-order valence-electron chi connectivity index (χ4n) is 2.39. The second-order valence-corrected chi connectivity index (χ2v) is 5.73. The molecule has 0 bridgehead atoms. The fourth-order valence-corrected chi connectivity index (χ4v) is 3.77. The van der Waals surface area contributed by atoms with E-state index in [1.807, 2.05) is 30.0 Å². The van der Waals surface area contributed by atoms with Gasteiger partial charge >= 0.3 is 0 Å². The topological polar surface area (TPSA) is 51.2 Å². The number of rotatable bonds is 3. The van der Waals surface area contributed by atoms with Crippen LogP contribution >= 0.6 is 11.8 Å². The van der Waals surface area contributed by atoms with E-state index in [-0.39, 0.29) is 6.04 Å². The van der Waals surface area contributed by atoms with Crippen molar-refractivity contribution in [2.24, 2.45) is 5.84 Å². The minimum Gasteiger partial charge on any atom is -0.459 e. The van der Waals surface area contributed by atoms with E-state index in [0.29, 0.717) is 5.25 Å². The highest BCUT2D eigenvalue weighted by Crippen LogP contribution is 2.37. The Morgan fingerprint density at radius 2 is 2.29 bits per heavy atom. The van der Waals surface area contributed by atoms with Crippen LogP contribution in [0.5, 0.6) is 0 Å². The summed E-state index contributed by atoms with van der Waals surface area (Å²) in [5, 5.41) is 1.67. The normalized spacial score (nSPS) is 22.1. The summed E-state index contributed by atoms with van der Waals surface area (Å²) in [4.78, 5) is 0. The molecule has 1 aliphatic rings. The number of hydrazine groups is 1. The van der Waals surface area contributed by atoms with E-state index < -0.39 is 0 Å². The van der Waals surface area contributed by atoms with Crippen LogP contribution in [0.4, 0.5) is 0 Å². The molecule has 0 amide bonds. The Morgan fingerprint density at radius 3 is 3.00 bits per heavy atom. The van der Waals surface area contributed by atoms with Gasteiger partial charge in [0.2, 0.25) is 0 Å². The molecule has 2 heterocycles. The minimum atomic E-state index is 0.120. The quantitative estimate of drug-likeness (QED) is 0.648. The van der Waals surface area contributed by atoms with Crippen molar-refractivity contribution in [3.8, 4) is 0 Å². The van der Waals surface area contributed by atoms with Crippen molar-refractivity contribution in [1.29, 1.82) is 0 Å². The molecule has 0 spiro atoms. The summed E-state index contributed by atoms with van der Waals surface area (Å²) < 4.78 is 5.88. The maximum atomic E-state index is 5.88. The third-order valence-electron chi connectivity index (χ3n) is 3.27. The Morgan fingerprint density at radius 1 is 1.41 bits per heavy atom. The highest BCUT2D eigenvalue weighted by molar-refractivity contribution is 8.00.